The third kappa shape index (κ3) is 2.81. The number of H-pyrrole nitrogens is 1. The van der Waals surface area contributed by atoms with E-state index < -0.39 is 0 Å². The van der Waals surface area contributed by atoms with Gasteiger partial charge in [0.2, 0.25) is 0 Å². The lowest BCUT2D eigenvalue weighted by Gasteiger charge is -2.15. The molecule has 1 N–H and O–H groups in total. The monoisotopic (exact) mass is 360 g/mol. The molecule has 0 radical (unpaired) electrons. The Kier molecular flexibility index (Phi) is 3.78. The van der Waals surface area contributed by atoms with Crippen LogP contribution in [0.2, 0.25) is 0 Å². The first-order chi connectivity index (χ1) is 13.2. The molecule has 1 aliphatic rings. The molecule has 4 aromatic rings. The van der Waals surface area contributed by atoms with Gasteiger partial charge in [-0.1, -0.05) is 6.08 Å². The van der Waals surface area contributed by atoms with Crippen molar-refractivity contribution in [3.63, 3.8) is 0 Å². The van der Waals surface area contributed by atoms with E-state index in [-0.39, 0.29) is 11.6 Å². The van der Waals surface area contributed by atoms with E-state index in [0.29, 0.717) is 0 Å². The van der Waals surface area contributed by atoms with Gasteiger partial charge in [0.05, 0.1) is 11.2 Å². The van der Waals surface area contributed by atoms with Gasteiger partial charge in [-0.3, -0.25) is 0 Å². The fourth-order valence-corrected chi connectivity index (χ4v) is 3.98. The molecular formula is C23H18F2N2. The van der Waals surface area contributed by atoms with Gasteiger partial charge in [0.1, 0.15) is 17.3 Å². The lowest BCUT2D eigenvalue weighted by atomic mass is 9.91. The fraction of sp³-hybridized carbons (Fsp3) is 0.174. The molecule has 134 valence electrons. The number of halogens is 2. The van der Waals surface area contributed by atoms with Crippen LogP contribution in [0.5, 0.6) is 0 Å². The Balaban J connectivity index is 1.82. The summed E-state index contributed by atoms with van der Waals surface area (Å²) in [4.78, 5) is 8.04. The van der Waals surface area contributed by atoms with Gasteiger partial charge in [0.15, 0.2) is 0 Å². The van der Waals surface area contributed by atoms with E-state index in [2.05, 4.69) is 17.1 Å². The molecule has 0 unspecified atom stereocenters. The molecule has 0 spiro atoms. The van der Waals surface area contributed by atoms with Crippen LogP contribution in [0, 0.1) is 11.6 Å². The van der Waals surface area contributed by atoms with Crippen LogP contribution in [-0.4, -0.2) is 9.97 Å². The standard InChI is InChI=1S/C23H18F2N2/c24-16-8-6-15(7-9-16)20-13-19(14-4-2-1-3-5-14)22-18-11-10-17(25)12-21(18)27-23(22)26-20/h4,6-13H,1-3,5H2,(H,26,27). The van der Waals surface area contributed by atoms with E-state index in [1.807, 2.05) is 6.07 Å². The number of aromatic nitrogens is 2. The molecule has 1 aliphatic carbocycles. The zero-order valence-electron chi connectivity index (χ0n) is 14.7. The van der Waals surface area contributed by atoms with Crippen LogP contribution in [0.3, 0.4) is 0 Å². The van der Waals surface area contributed by atoms with Crippen molar-refractivity contribution in [2.24, 2.45) is 0 Å². The predicted octanol–water partition coefficient (Wildman–Crippen LogP) is 6.62. The summed E-state index contributed by atoms with van der Waals surface area (Å²) < 4.78 is 27.0. The second-order valence-corrected chi connectivity index (χ2v) is 7.08. The van der Waals surface area contributed by atoms with Crippen molar-refractivity contribution < 1.29 is 8.78 Å². The molecule has 0 amide bonds. The summed E-state index contributed by atoms with van der Waals surface area (Å²) in [5.41, 5.74) is 5.57. The molecule has 0 aliphatic heterocycles. The maximum Gasteiger partial charge on any atom is 0.139 e. The Bertz CT molecular complexity index is 1190. The third-order valence-corrected chi connectivity index (χ3v) is 5.30. The fourth-order valence-electron chi connectivity index (χ4n) is 3.98. The van der Waals surface area contributed by atoms with Crippen molar-refractivity contribution in [2.45, 2.75) is 25.7 Å². The number of nitrogens with zero attached hydrogens (tertiary/aromatic N) is 1. The van der Waals surface area contributed by atoms with Crippen LogP contribution in [-0.2, 0) is 0 Å². The van der Waals surface area contributed by atoms with E-state index in [0.717, 1.165) is 51.6 Å². The summed E-state index contributed by atoms with van der Waals surface area (Å²) in [6, 6.07) is 13.3. The average molecular weight is 360 g/mol. The van der Waals surface area contributed by atoms with Crippen molar-refractivity contribution in [1.29, 1.82) is 0 Å². The van der Waals surface area contributed by atoms with Crippen molar-refractivity contribution in [2.75, 3.05) is 0 Å². The Labute approximate surface area is 155 Å². The van der Waals surface area contributed by atoms with Crippen LogP contribution in [0.15, 0.2) is 54.6 Å². The molecule has 0 atom stereocenters. The lowest BCUT2D eigenvalue weighted by molar-refractivity contribution is 0.628. The molecule has 0 saturated heterocycles. The maximum atomic E-state index is 13.7. The van der Waals surface area contributed by atoms with Gasteiger partial charge in [0.25, 0.3) is 0 Å². The maximum absolute atomic E-state index is 13.7. The van der Waals surface area contributed by atoms with Crippen molar-refractivity contribution >= 4 is 27.5 Å². The van der Waals surface area contributed by atoms with Gasteiger partial charge in [-0.15, -0.1) is 0 Å². The second kappa shape index (κ2) is 6.31. The summed E-state index contributed by atoms with van der Waals surface area (Å²) in [7, 11) is 0. The van der Waals surface area contributed by atoms with E-state index in [1.165, 1.54) is 42.7 Å². The first-order valence-corrected chi connectivity index (χ1v) is 9.26. The topological polar surface area (TPSA) is 28.7 Å². The van der Waals surface area contributed by atoms with Crippen molar-refractivity contribution in [3.8, 4) is 11.3 Å². The minimum atomic E-state index is -0.272. The van der Waals surface area contributed by atoms with Gasteiger partial charge in [-0.05, 0) is 85.4 Å². The summed E-state index contributed by atoms with van der Waals surface area (Å²) in [6.45, 7) is 0. The molecule has 0 bridgehead atoms. The highest BCUT2D eigenvalue weighted by atomic mass is 19.1. The largest absolute Gasteiger partial charge is 0.339 e. The molecule has 2 heterocycles. The van der Waals surface area contributed by atoms with Gasteiger partial charge < -0.3 is 4.98 Å². The highest BCUT2D eigenvalue weighted by Gasteiger charge is 2.17. The number of benzene rings is 2. The smallest absolute Gasteiger partial charge is 0.139 e. The van der Waals surface area contributed by atoms with Crippen molar-refractivity contribution in [1.82, 2.24) is 9.97 Å². The Morgan fingerprint density at radius 1 is 0.889 bits per heavy atom. The number of hydrogen-bond donors (Lipinski definition) is 1. The normalized spacial score (nSPS) is 14.7. The quantitative estimate of drug-likeness (QED) is 0.427. The average Bonchev–Trinajstić information content (AvgIpc) is 3.05. The highest BCUT2D eigenvalue weighted by Crippen LogP contribution is 2.37. The van der Waals surface area contributed by atoms with Crippen LogP contribution in [0.25, 0.3) is 38.8 Å². The third-order valence-electron chi connectivity index (χ3n) is 5.30. The zero-order chi connectivity index (χ0) is 18.4. The van der Waals surface area contributed by atoms with Crippen LogP contribution in [0.4, 0.5) is 8.78 Å². The molecule has 2 aromatic carbocycles. The second-order valence-electron chi connectivity index (χ2n) is 7.08. The van der Waals surface area contributed by atoms with Crippen LogP contribution >= 0.6 is 0 Å². The van der Waals surface area contributed by atoms with Crippen LogP contribution < -0.4 is 0 Å². The number of aromatic amines is 1. The minimum absolute atomic E-state index is 0.267. The number of hydrogen-bond acceptors (Lipinski definition) is 1. The number of pyridine rings is 1. The van der Waals surface area contributed by atoms with Crippen LogP contribution in [0.1, 0.15) is 31.2 Å². The molecule has 2 aromatic heterocycles. The summed E-state index contributed by atoms with van der Waals surface area (Å²) in [6.07, 6.45) is 6.77. The number of allylic oxidation sites excluding steroid dienone is 2. The Morgan fingerprint density at radius 3 is 2.48 bits per heavy atom. The SMILES string of the molecule is Fc1ccc(-c2cc(C3=CCCCC3)c3c(n2)[nH]c2cc(F)ccc23)cc1. The highest BCUT2D eigenvalue weighted by molar-refractivity contribution is 6.11. The first kappa shape index (κ1) is 16.2. The van der Waals surface area contributed by atoms with E-state index in [4.69, 9.17) is 4.98 Å². The molecule has 2 nitrogen and oxygen atoms in total. The van der Waals surface area contributed by atoms with Gasteiger partial charge in [0, 0.05) is 16.3 Å². The molecular weight excluding hydrogens is 342 g/mol. The molecule has 0 saturated carbocycles. The Morgan fingerprint density at radius 2 is 1.70 bits per heavy atom. The number of rotatable bonds is 2. The summed E-state index contributed by atoms with van der Waals surface area (Å²) in [5, 5.41) is 2.01. The van der Waals surface area contributed by atoms with E-state index in [9.17, 15) is 8.78 Å². The first-order valence-electron chi connectivity index (χ1n) is 9.26. The van der Waals surface area contributed by atoms with Crippen molar-refractivity contribution in [3.05, 3.63) is 71.8 Å². The Hall–Kier alpha value is -3.01. The van der Waals surface area contributed by atoms with E-state index >= 15 is 0 Å². The zero-order valence-corrected chi connectivity index (χ0v) is 14.7. The predicted molar refractivity (Wildman–Crippen MR) is 105 cm³/mol. The molecule has 0 fully saturated rings. The van der Waals surface area contributed by atoms with E-state index in [1.54, 1.807) is 12.1 Å². The molecule has 27 heavy (non-hydrogen) atoms. The molecule has 5 rings (SSSR count). The minimum Gasteiger partial charge on any atom is -0.339 e. The molecule has 4 heteroatoms. The van der Waals surface area contributed by atoms with Gasteiger partial charge >= 0.3 is 0 Å². The van der Waals surface area contributed by atoms with Gasteiger partial charge in [-0.25, -0.2) is 13.8 Å². The van der Waals surface area contributed by atoms with Gasteiger partial charge in [-0.2, -0.15) is 0 Å². The number of nitrogens with one attached hydrogen (secondary N) is 1. The lowest BCUT2D eigenvalue weighted by Crippen LogP contribution is -1.95. The summed E-state index contributed by atoms with van der Waals surface area (Å²) >= 11 is 0. The summed E-state index contributed by atoms with van der Waals surface area (Å²) in [5.74, 6) is -0.539. The number of fused-ring (bicyclic) bond motifs is 3.